The number of carbonyl (C=O) groups is 1. The highest BCUT2D eigenvalue weighted by molar-refractivity contribution is 6.30. The van der Waals surface area contributed by atoms with Crippen LogP contribution in [-0.4, -0.2) is 46.6 Å². The monoisotopic (exact) mass is 361 g/mol. The van der Waals surface area contributed by atoms with Crippen molar-refractivity contribution in [3.63, 3.8) is 0 Å². The van der Waals surface area contributed by atoms with Gasteiger partial charge in [-0.2, -0.15) is 0 Å². The smallest absolute Gasteiger partial charge is 0.316 e. The Balaban J connectivity index is 1.42. The molecule has 1 aliphatic rings. The largest absolute Gasteiger partial charge is 0.484 e. The first-order valence-corrected chi connectivity index (χ1v) is 8.59. The van der Waals surface area contributed by atoms with Crippen molar-refractivity contribution in [2.45, 2.75) is 25.9 Å². The summed E-state index contributed by atoms with van der Waals surface area (Å²) in [5, 5.41) is 0.637. The molecular formula is C18H20ClN3O3. The van der Waals surface area contributed by atoms with Crippen LogP contribution >= 0.6 is 11.6 Å². The SMILES string of the molecule is Cc1cnc(OC2CCN(C(=O)COc3ccc(Cl)cc3)CC2)nc1. The summed E-state index contributed by atoms with van der Waals surface area (Å²) in [6.45, 7) is 3.23. The van der Waals surface area contributed by atoms with Crippen molar-refractivity contribution in [2.24, 2.45) is 0 Å². The van der Waals surface area contributed by atoms with Gasteiger partial charge in [-0.3, -0.25) is 4.79 Å². The Bertz CT molecular complexity index is 699. The van der Waals surface area contributed by atoms with Crippen LogP contribution in [0.25, 0.3) is 0 Å². The van der Waals surface area contributed by atoms with Crippen molar-refractivity contribution < 1.29 is 14.3 Å². The molecule has 0 unspecified atom stereocenters. The van der Waals surface area contributed by atoms with E-state index in [9.17, 15) is 4.79 Å². The Labute approximate surface area is 151 Å². The van der Waals surface area contributed by atoms with Crippen molar-refractivity contribution in [2.75, 3.05) is 19.7 Å². The first-order valence-electron chi connectivity index (χ1n) is 8.21. The average Bonchev–Trinajstić information content (AvgIpc) is 2.63. The molecule has 1 saturated heterocycles. The van der Waals surface area contributed by atoms with E-state index in [0.717, 1.165) is 18.4 Å². The van der Waals surface area contributed by atoms with Crippen molar-refractivity contribution in [1.29, 1.82) is 0 Å². The van der Waals surface area contributed by atoms with Crippen LogP contribution in [0.5, 0.6) is 11.8 Å². The lowest BCUT2D eigenvalue weighted by Gasteiger charge is -2.31. The standard InChI is InChI=1S/C18H20ClN3O3/c1-13-10-20-18(21-11-13)25-16-6-8-22(9-7-16)17(23)12-24-15-4-2-14(19)3-5-15/h2-5,10-11,16H,6-9,12H2,1H3. The second-order valence-corrected chi connectivity index (χ2v) is 6.42. The van der Waals surface area contributed by atoms with E-state index in [1.165, 1.54) is 0 Å². The molecule has 25 heavy (non-hydrogen) atoms. The molecule has 0 atom stereocenters. The first kappa shape index (κ1) is 17.5. The Morgan fingerprint density at radius 1 is 1.20 bits per heavy atom. The molecule has 2 aromatic rings. The summed E-state index contributed by atoms with van der Waals surface area (Å²) in [4.78, 5) is 22.4. The van der Waals surface area contributed by atoms with Gasteiger partial charge in [0.05, 0.1) is 0 Å². The van der Waals surface area contributed by atoms with Gasteiger partial charge in [0.2, 0.25) is 0 Å². The van der Waals surface area contributed by atoms with E-state index in [1.807, 2.05) is 6.92 Å². The third kappa shape index (κ3) is 5.06. The zero-order valence-corrected chi connectivity index (χ0v) is 14.8. The summed E-state index contributed by atoms with van der Waals surface area (Å²) in [7, 11) is 0. The zero-order valence-electron chi connectivity index (χ0n) is 14.0. The Hall–Kier alpha value is -2.34. The first-order chi connectivity index (χ1) is 12.1. The molecule has 1 aromatic heterocycles. The molecule has 1 aromatic carbocycles. The number of halogens is 1. The topological polar surface area (TPSA) is 64.5 Å². The highest BCUT2D eigenvalue weighted by atomic mass is 35.5. The molecule has 1 aliphatic heterocycles. The van der Waals surface area contributed by atoms with Gasteiger partial charge < -0.3 is 14.4 Å². The van der Waals surface area contributed by atoms with Crippen molar-refractivity contribution >= 4 is 17.5 Å². The van der Waals surface area contributed by atoms with E-state index in [-0.39, 0.29) is 18.6 Å². The fourth-order valence-electron chi connectivity index (χ4n) is 2.58. The molecule has 3 rings (SSSR count). The minimum absolute atomic E-state index is 0.0221. The van der Waals surface area contributed by atoms with Crippen LogP contribution in [0.4, 0.5) is 0 Å². The number of amides is 1. The van der Waals surface area contributed by atoms with Gasteiger partial charge in [0, 0.05) is 43.3 Å². The van der Waals surface area contributed by atoms with Crippen LogP contribution in [0.15, 0.2) is 36.7 Å². The lowest BCUT2D eigenvalue weighted by Crippen LogP contribution is -2.43. The van der Waals surface area contributed by atoms with Crippen LogP contribution in [0.1, 0.15) is 18.4 Å². The molecule has 0 bridgehead atoms. The molecular weight excluding hydrogens is 342 g/mol. The van der Waals surface area contributed by atoms with Crippen molar-refractivity contribution in [1.82, 2.24) is 14.9 Å². The molecule has 0 saturated carbocycles. The fraction of sp³-hybridized carbons (Fsp3) is 0.389. The van der Waals surface area contributed by atoms with Gasteiger partial charge in [-0.1, -0.05) is 11.6 Å². The van der Waals surface area contributed by atoms with E-state index >= 15 is 0 Å². The molecule has 0 spiro atoms. The summed E-state index contributed by atoms with van der Waals surface area (Å²) in [6, 6.07) is 7.35. The molecule has 0 N–H and O–H groups in total. The van der Waals surface area contributed by atoms with E-state index in [1.54, 1.807) is 41.6 Å². The number of hydrogen-bond acceptors (Lipinski definition) is 5. The maximum Gasteiger partial charge on any atom is 0.316 e. The predicted octanol–water partition coefficient (Wildman–Crippen LogP) is 2.89. The van der Waals surface area contributed by atoms with E-state index in [4.69, 9.17) is 21.1 Å². The van der Waals surface area contributed by atoms with E-state index in [2.05, 4.69) is 9.97 Å². The average molecular weight is 362 g/mol. The number of piperidine rings is 1. The van der Waals surface area contributed by atoms with Gasteiger partial charge >= 0.3 is 6.01 Å². The van der Waals surface area contributed by atoms with E-state index < -0.39 is 0 Å². The minimum atomic E-state index is -0.0278. The highest BCUT2D eigenvalue weighted by Crippen LogP contribution is 2.18. The zero-order chi connectivity index (χ0) is 17.6. The van der Waals surface area contributed by atoms with Gasteiger partial charge in [0.15, 0.2) is 6.61 Å². The number of ether oxygens (including phenoxy) is 2. The lowest BCUT2D eigenvalue weighted by atomic mass is 10.1. The maximum absolute atomic E-state index is 12.3. The number of aryl methyl sites for hydroxylation is 1. The number of hydrogen-bond donors (Lipinski definition) is 0. The summed E-state index contributed by atoms with van der Waals surface area (Å²) in [5.41, 5.74) is 0.994. The van der Waals surface area contributed by atoms with Crippen LogP contribution in [0, 0.1) is 6.92 Å². The molecule has 7 heteroatoms. The summed E-state index contributed by atoms with van der Waals surface area (Å²) in [5.74, 6) is 0.604. The number of aromatic nitrogens is 2. The lowest BCUT2D eigenvalue weighted by molar-refractivity contribution is -0.135. The Morgan fingerprint density at radius 2 is 1.84 bits per heavy atom. The maximum atomic E-state index is 12.3. The number of benzene rings is 1. The van der Waals surface area contributed by atoms with Crippen LogP contribution in [0.2, 0.25) is 5.02 Å². The summed E-state index contributed by atoms with van der Waals surface area (Å²) in [6.07, 6.45) is 5.00. The quantitative estimate of drug-likeness (QED) is 0.819. The number of nitrogens with zero attached hydrogens (tertiary/aromatic N) is 3. The highest BCUT2D eigenvalue weighted by Gasteiger charge is 2.24. The fourth-order valence-corrected chi connectivity index (χ4v) is 2.71. The summed E-state index contributed by atoms with van der Waals surface area (Å²) < 4.78 is 11.3. The van der Waals surface area contributed by atoms with Crippen LogP contribution in [-0.2, 0) is 4.79 Å². The molecule has 132 valence electrons. The third-order valence-corrected chi connectivity index (χ3v) is 4.25. The predicted molar refractivity (Wildman–Crippen MR) is 93.9 cm³/mol. The minimum Gasteiger partial charge on any atom is -0.484 e. The van der Waals surface area contributed by atoms with Gasteiger partial charge in [0.1, 0.15) is 11.9 Å². The number of likely N-dealkylation sites (tertiary alicyclic amines) is 1. The van der Waals surface area contributed by atoms with Gasteiger partial charge in [-0.15, -0.1) is 0 Å². The van der Waals surface area contributed by atoms with E-state index in [0.29, 0.717) is 29.9 Å². The molecule has 6 nitrogen and oxygen atoms in total. The second kappa shape index (κ2) is 8.16. The van der Waals surface area contributed by atoms with Crippen LogP contribution < -0.4 is 9.47 Å². The normalized spacial score (nSPS) is 15.0. The van der Waals surface area contributed by atoms with Gasteiger partial charge in [-0.25, -0.2) is 9.97 Å². The van der Waals surface area contributed by atoms with Crippen molar-refractivity contribution in [3.05, 3.63) is 47.2 Å². The van der Waals surface area contributed by atoms with Gasteiger partial charge in [-0.05, 0) is 36.8 Å². The molecule has 1 fully saturated rings. The van der Waals surface area contributed by atoms with Crippen molar-refractivity contribution in [3.8, 4) is 11.8 Å². The van der Waals surface area contributed by atoms with Crippen LogP contribution in [0.3, 0.4) is 0 Å². The molecule has 0 radical (unpaired) electrons. The summed E-state index contributed by atoms with van der Waals surface area (Å²) >= 11 is 5.82. The third-order valence-electron chi connectivity index (χ3n) is 4.00. The Morgan fingerprint density at radius 3 is 2.48 bits per heavy atom. The number of rotatable bonds is 5. The Kier molecular flexibility index (Phi) is 5.71. The van der Waals surface area contributed by atoms with Gasteiger partial charge in [0.25, 0.3) is 5.91 Å². The number of carbonyl (C=O) groups excluding carboxylic acids is 1. The molecule has 1 amide bonds. The molecule has 2 heterocycles. The second-order valence-electron chi connectivity index (χ2n) is 5.98. The molecule has 0 aliphatic carbocycles.